The molecule has 2 heterocycles. The van der Waals surface area contributed by atoms with E-state index in [2.05, 4.69) is 15.1 Å². The van der Waals surface area contributed by atoms with E-state index in [1.54, 1.807) is 7.11 Å². The zero-order chi connectivity index (χ0) is 19.1. The number of ether oxygens (including phenoxy) is 1. The summed E-state index contributed by atoms with van der Waals surface area (Å²) in [6, 6.07) is 7.33. The number of benzene rings is 1. The maximum absolute atomic E-state index is 12.7. The van der Waals surface area contributed by atoms with Crippen LogP contribution < -0.4 is 10.1 Å². The van der Waals surface area contributed by atoms with Crippen LogP contribution in [0.2, 0.25) is 0 Å². The summed E-state index contributed by atoms with van der Waals surface area (Å²) < 4.78 is 5.12. The summed E-state index contributed by atoms with van der Waals surface area (Å²) >= 11 is 0. The van der Waals surface area contributed by atoms with Crippen molar-refractivity contribution in [2.45, 2.75) is 38.5 Å². The van der Waals surface area contributed by atoms with E-state index in [0.717, 1.165) is 63.3 Å². The fourth-order valence-electron chi connectivity index (χ4n) is 3.97. The summed E-state index contributed by atoms with van der Waals surface area (Å²) in [5.74, 6) is 1.21. The van der Waals surface area contributed by atoms with Gasteiger partial charge in [0.2, 0.25) is 11.8 Å². The highest BCUT2D eigenvalue weighted by Crippen LogP contribution is 2.22. The Balaban J connectivity index is 1.41. The summed E-state index contributed by atoms with van der Waals surface area (Å²) in [7, 11) is 1.62. The smallest absolute Gasteiger partial charge is 0.238 e. The lowest BCUT2D eigenvalue weighted by Gasteiger charge is -2.33. The van der Waals surface area contributed by atoms with Crippen molar-refractivity contribution in [1.82, 2.24) is 9.80 Å². The molecule has 2 aliphatic heterocycles. The molecule has 2 fully saturated rings. The molecule has 0 bridgehead atoms. The van der Waals surface area contributed by atoms with Crippen LogP contribution in [0.1, 0.15) is 38.5 Å². The lowest BCUT2D eigenvalue weighted by Crippen LogP contribution is -2.44. The van der Waals surface area contributed by atoms with Gasteiger partial charge < -0.3 is 15.0 Å². The summed E-state index contributed by atoms with van der Waals surface area (Å²) in [6.07, 6.45) is 6.46. The zero-order valence-corrected chi connectivity index (χ0v) is 16.3. The van der Waals surface area contributed by atoms with Crippen LogP contribution in [0.15, 0.2) is 24.3 Å². The Labute approximate surface area is 161 Å². The van der Waals surface area contributed by atoms with E-state index in [4.69, 9.17) is 4.74 Å². The van der Waals surface area contributed by atoms with Crippen molar-refractivity contribution in [3.63, 3.8) is 0 Å². The normalized spacial score (nSPS) is 19.4. The van der Waals surface area contributed by atoms with Crippen molar-refractivity contribution in [2.75, 3.05) is 45.2 Å². The van der Waals surface area contributed by atoms with Gasteiger partial charge in [0.05, 0.1) is 13.7 Å². The van der Waals surface area contributed by atoms with Gasteiger partial charge in [0.15, 0.2) is 0 Å². The topological polar surface area (TPSA) is 61.9 Å². The Bertz CT molecular complexity index is 616. The molecule has 2 amide bonds. The maximum atomic E-state index is 12.7. The highest BCUT2D eigenvalue weighted by atomic mass is 16.5. The second-order valence-electron chi connectivity index (χ2n) is 7.57. The van der Waals surface area contributed by atoms with Crippen LogP contribution in [0.4, 0.5) is 5.69 Å². The number of hydrogen-bond donors (Lipinski definition) is 1. The first-order valence-corrected chi connectivity index (χ1v) is 10.1. The number of nitrogens with one attached hydrogen (secondary N) is 1. The van der Waals surface area contributed by atoms with Gasteiger partial charge in [-0.1, -0.05) is 12.8 Å². The molecule has 6 heteroatoms. The van der Waals surface area contributed by atoms with Crippen LogP contribution >= 0.6 is 0 Å². The third-order valence-electron chi connectivity index (χ3n) is 5.60. The summed E-state index contributed by atoms with van der Waals surface area (Å²) in [5.41, 5.74) is 0.770. The SMILES string of the molecule is COc1ccc(NC(=O)CN2CCC(C(=O)N3CCCCCC3)CC2)cc1. The van der Waals surface area contributed by atoms with Crippen LogP contribution in [0.3, 0.4) is 0 Å². The fraction of sp³-hybridized carbons (Fsp3) is 0.619. The molecule has 0 radical (unpaired) electrons. The maximum Gasteiger partial charge on any atom is 0.238 e. The highest BCUT2D eigenvalue weighted by molar-refractivity contribution is 5.92. The molecule has 0 aromatic heterocycles. The van der Waals surface area contributed by atoms with Crippen molar-refractivity contribution in [2.24, 2.45) is 5.92 Å². The van der Waals surface area contributed by atoms with Gasteiger partial charge in [-0.05, 0) is 63.0 Å². The standard InChI is InChI=1S/C21H31N3O3/c1-27-19-8-6-18(7-9-19)22-20(25)16-23-14-10-17(11-15-23)21(26)24-12-4-2-3-5-13-24/h6-9,17H,2-5,10-16H2,1H3,(H,22,25). The first-order chi connectivity index (χ1) is 13.2. The van der Waals surface area contributed by atoms with Crippen molar-refractivity contribution < 1.29 is 14.3 Å². The van der Waals surface area contributed by atoms with Gasteiger partial charge in [0.1, 0.15) is 5.75 Å². The van der Waals surface area contributed by atoms with Gasteiger partial charge in [0.25, 0.3) is 0 Å². The second kappa shape index (κ2) is 9.74. The minimum absolute atomic E-state index is 0.0162. The number of carbonyl (C=O) groups is 2. The average molecular weight is 373 g/mol. The number of likely N-dealkylation sites (tertiary alicyclic amines) is 2. The number of piperidine rings is 1. The quantitative estimate of drug-likeness (QED) is 0.862. The van der Waals surface area contributed by atoms with Crippen LogP contribution in [0.5, 0.6) is 5.75 Å². The van der Waals surface area contributed by atoms with E-state index >= 15 is 0 Å². The summed E-state index contributed by atoms with van der Waals surface area (Å²) in [4.78, 5) is 29.2. The van der Waals surface area contributed by atoms with Crippen LogP contribution in [-0.4, -0.2) is 61.4 Å². The molecule has 0 aliphatic carbocycles. The summed E-state index contributed by atoms with van der Waals surface area (Å²) in [6.45, 7) is 3.82. The second-order valence-corrected chi connectivity index (χ2v) is 7.57. The molecular weight excluding hydrogens is 342 g/mol. The molecule has 2 aliphatic rings. The number of amides is 2. The zero-order valence-electron chi connectivity index (χ0n) is 16.3. The molecule has 3 rings (SSSR count). The fourth-order valence-corrected chi connectivity index (χ4v) is 3.97. The Kier molecular flexibility index (Phi) is 7.10. The van der Waals surface area contributed by atoms with Gasteiger partial charge in [-0.25, -0.2) is 0 Å². The lowest BCUT2D eigenvalue weighted by atomic mass is 9.95. The van der Waals surface area contributed by atoms with Gasteiger partial charge in [0, 0.05) is 24.7 Å². The van der Waals surface area contributed by atoms with Crippen LogP contribution in [0.25, 0.3) is 0 Å². The Morgan fingerprint density at radius 2 is 1.63 bits per heavy atom. The van der Waals surface area contributed by atoms with E-state index in [-0.39, 0.29) is 11.8 Å². The molecule has 1 N–H and O–H groups in total. The molecule has 2 saturated heterocycles. The molecule has 0 spiro atoms. The van der Waals surface area contributed by atoms with E-state index in [1.807, 2.05) is 24.3 Å². The predicted molar refractivity (Wildman–Crippen MR) is 106 cm³/mol. The van der Waals surface area contributed by atoms with E-state index in [9.17, 15) is 9.59 Å². The molecule has 0 atom stereocenters. The van der Waals surface area contributed by atoms with Crippen molar-refractivity contribution in [3.8, 4) is 5.75 Å². The number of carbonyl (C=O) groups excluding carboxylic acids is 2. The average Bonchev–Trinajstić information content (AvgIpc) is 2.98. The number of anilines is 1. The molecule has 1 aromatic carbocycles. The van der Waals surface area contributed by atoms with Crippen molar-refractivity contribution >= 4 is 17.5 Å². The number of nitrogens with zero attached hydrogens (tertiary/aromatic N) is 2. The number of methoxy groups -OCH3 is 1. The van der Waals surface area contributed by atoms with Crippen molar-refractivity contribution in [3.05, 3.63) is 24.3 Å². The molecule has 0 saturated carbocycles. The molecule has 6 nitrogen and oxygen atoms in total. The van der Waals surface area contributed by atoms with Gasteiger partial charge in [-0.3, -0.25) is 14.5 Å². The van der Waals surface area contributed by atoms with E-state index in [1.165, 1.54) is 12.8 Å². The molecule has 0 unspecified atom stereocenters. The molecule has 148 valence electrons. The number of hydrogen-bond acceptors (Lipinski definition) is 4. The largest absolute Gasteiger partial charge is 0.497 e. The third-order valence-corrected chi connectivity index (χ3v) is 5.60. The third kappa shape index (κ3) is 5.70. The van der Waals surface area contributed by atoms with Gasteiger partial charge in [-0.15, -0.1) is 0 Å². The first kappa shape index (κ1) is 19.7. The molecular formula is C21H31N3O3. The molecule has 27 heavy (non-hydrogen) atoms. The van der Waals surface area contributed by atoms with Crippen LogP contribution in [-0.2, 0) is 9.59 Å². The Morgan fingerprint density at radius 3 is 2.22 bits per heavy atom. The first-order valence-electron chi connectivity index (χ1n) is 10.1. The van der Waals surface area contributed by atoms with E-state index in [0.29, 0.717) is 12.5 Å². The number of rotatable bonds is 5. The monoisotopic (exact) mass is 373 g/mol. The van der Waals surface area contributed by atoms with Gasteiger partial charge in [-0.2, -0.15) is 0 Å². The minimum atomic E-state index is -0.0162. The molecule has 1 aromatic rings. The lowest BCUT2D eigenvalue weighted by molar-refractivity contribution is -0.137. The Hall–Kier alpha value is -2.08. The summed E-state index contributed by atoms with van der Waals surface area (Å²) in [5, 5.41) is 2.92. The van der Waals surface area contributed by atoms with Gasteiger partial charge >= 0.3 is 0 Å². The highest BCUT2D eigenvalue weighted by Gasteiger charge is 2.29. The minimum Gasteiger partial charge on any atom is -0.497 e. The van der Waals surface area contributed by atoms with E-state index < -0.39 is 0 Å². The van der Waals surface area contributed by atoms with Crippen LogP contribution in [0, 0.1) is 5.92 Å². The Morgan fingerprint density at radius 1 is 1.00 bits per heavy atom. The predicted octanol–water partition coefficient (Wildman–Crippen LogP) is 2.75. The van der Waals surface area contributed by atoms with Crippen molar-refractivity contribution in [1.29, 1.82) is 0 Å².